The molecule has 0 bridgehead atoms. The number of amides is 2. The molecule has 25 heavy (non-hydrogen) atoms. The molecule has 0 unspecified atom stereocenters. The lowest BCUT2D eigenvalue weighted by Crippen LogP contribution is -2.44. The van der Waals surface area contributed by atoms with E-state index in [1.54, 1.807) is 0 Å². The van der Waals surface area contributed by atoms with Crippen LogP contribution >= 0.6 is 0 Å². The van der Waals surface area contributed by atoms with E-state index in [1.165, 1.54) is 25.7 Å². The molecule has 1 saturated carbocycles. The molecular weight excluding hydrogens is 316 g/mol. The summed E-state index contributed by atoms with van der Waals surface area (Å²) in [7, 11) is 0. The van der Waals surface area contributed by atoms with Crippen molar-refractivity contribution in [1.29, 1.82) is 0 Å². The zero-order valence-electron chi connectivity index (χ0n) is 15.3. The van der Waals surface area contributed by atoms with E-state index in [2.05, 4.69) is 24.5 Å². The van der Waals surface area contributed by atoms with Gasteiger partial charge in [-0.3, -0.25) is 0 Å². The van der Waals surface area contributed by atoms with E-state index < -0.39 is 0 Å². The Bertz CT molecular complexity index is 580. The van der Waals surface area contributed by atoms with Crippen LogP contribution < -0.4 is 20.1 Å². The monoisotopic (exact) mass is 346 g/mol. The summed E-state index contributed by atoms with van der Waals surface area (Å²) >= 11 is 0. The Balaban J connectivity index is 1.65. The van der Waals surface area contributed by atoms with E-state index in [1.807, 2.05) is 18.2 Å². The first kappa shape index (κ1) is 17.9. The van der Waals surface area contributed by atoms with Crippen LogP contribution in [-0.2, 0) is 0 Å². The van der Waals surface area contributed by atoms with Gasteiger partial charge in [-0.2, -0.15) is 0 Å². The minimum absolute atomic E-state index is 0.0541. The smallest absolute Gasteiger partial charge is 0.315 e. The second kappa shape index (κ2) is 8.45. The first-order valence-corrected chi connectivity index (χ1v) is 9.60. The summed E-state index contributed by atoms with van der Waals surface area (Å²) in [4.78, 5) is 12.5. The van der Waals surface area contributed by atoms with Crippen molar-refractivity contribution < 1.29 is 14.3 Å². The maximum Gasteiger partial charge on any atom is 0.315 e. The van der Waals surface area contributed by atoms with E-state index in [-0.39, 0.29) is 18.0 Å². The molecule has 5 heteroatoms. The van der Waals surface area contributed by atoms with Crippen molar-refractivity contribution in [3.05, 3.63) is 23.8 Å². The fourth-order valence-corrected chi connectivity index (χ4v) is 3.68. The molecule has 1 fully saturated rings. The van der Waals surface area contributed by atoms with E-state index >= 15 is 0 Å². The molecule has 3 rings (SSSR count). The zero-order chi connectivity index (χ0) is 17.6. The highest BCUT2D eigenvalue weighted by Gasteiger charge is 2.23. The van der Waals surface area contributed by atoms with Gasteiger partial charge in [0.25, 0.3) is 0 Å². The molecule has 138 valence electrons. The summed E-state index contributed by atoms with van der Waals surface area (Å²) in [5.74, 6) is 1.82. The van der Waals surface area contributed by atoms with Crippen LogP contribution in [0.5, 0.6) is 11.5 Å². The number of hydrogen-bond donors (Lipinski definition) is 2. The van der Waals surface area contributed by atoms with Gasteiger partial charge in [0.2, 0.25) is 0 Å². The van der Waals surface area contributed by atoms with Gasteiger partial charge in [-0.1, -0.05) is 45.6 Å². The van der Waals surface area contributed by atoms with Crippen molar-refractivity contribution in [1.82, 2.24) is 10.6 Å². The van der Waals surface area contributed by atoms with Crippen molar-refractivity contribution in [2.24, 2.45) is 5.92 Å². The summed E-state index contributed by atoms with van der Waals surface area (Å²) in [5, 5.41) is 6.33. The number of rotatable bonds is 4. The highest BCUT2D eigenvalue weighted by atomic mass is 16.6. The lowest BCUT2D eigenvalue weighted by atomic mass is 9.95. The van der Waals surface area contributed by atoms with Crippen LogP contribution in [0.2, 0.25) is 0 Å². The number of ether oxygens (including phenoxy) is 2. The molecule has 2 aliphatic rings. The van der Waals surface area contributed by atoms with Gasteiger partial charge in [0.1, 0.15) is 13.2 Å². The molecule has 0 radical (unpaired) electrons. The van der Waals surface area contributed by atoms with Gasteiger partial charge < -0.3 is 20.1 Å². The van der Waals surface area contributed by atoms with E-state index in [4.69, 9.17) is 9.47 Å². The number of carbonyl (C=O) groups excluding carboxylic acids is 1. The maximum atomic E-state index is 12.5. The van der Waals surface area contributed by atoms with Gasteiger partial charge in [0, 0.05) is 6.04 Å². The predicted molar refractivity (Wildman–Crippen MR) is 98.2 cm³/mol. The Kier molecular flexibility index (Phi) is 6.05. The molecule has 5 nitrogen and oxygen atoms in total. The number of hydrogen-bond acceptors (Lipinski definition) is 3. The molecule has 0 aromatic heterocycles. The number of fused-ring (bicyclic) bond motifs is 1. The lowest BCUT2D eigenvalue weighted by molar-refractivity contribution is 0.171. The molecule has 1 aromatic rings. The SMILES string of the molecule is CC(C)[C@@H](NC(=O)NC1CCCCCC1)c1ccc2c(c1)OCCO2. The Hall–Kier alpha value is -1.91. The number of urea groups is 1. The molecule has 1 heterocycles. The van der Waals surface area contributed by atoms with Crippen LogP contribution in [0, 0.1) is 5.92 Å². The molecule has 0 saturated heterocycles. The van der Waals surface area contributed by atoms with Crippen LogP contribution in [0.1, 0.15) is 64.0 Å². The summed E-state index contributed by atoms with van der Waals surface area (Å²) in [6.07, 6.45) is 7.16. The third kappa shape index (κ3) is 4.80. The minimum Gasteiger partial charge on any atom is -0.486 e. The summed E-state index contributed by atoms with van der Waals surface area (Å²) in [5.41, 5.74) is 1.05. The summed E-state index contributed by atoms with van der Waals surface area (Å²) < 4.78 is 11.3. The van der Waals surface area contributed by atoms with E-state index in [0.29, 0.717) is 19.3 Å². The molecule has 2 N–H and O–H groups in total. The quantitative estimate of drug-likeness (QED) is 0.804. The molecule has 2 amide bonds. The van der Waals surface area contributed by atoms with Crippen LogP contribution in [0.4, 0.5) is 4.79 Å². The van der Waals surface area contributed by atoms with Crippen LogP contribution in [-0.4, -0.2) is 25.3 Å². The van der Waals surface area contributed by atoms with Crippen molar-refractivity contribution in [2.45, 2.75) is 64.5 Å². The van der Waals surface area contributed by atoms with E-state index in [9.17, 15) is 4.79 Å². The standard InChI is InChI=1S/C20H30N2O3/c1-14(2)19(15-9-10-17-18(13-15)25-12-11-24-17)22-20(23)21-16-7-5-3-4-6-8-16/h9-10,13-14,16,19H,3-8,11-12H2,1-2H3,(H2,21,22,23)/t19-/m1/s1. The minimum atomic E-state index is -0.0690. The average molecular weight is 346 g/mol. The highest BCUT2D eigenvalue weighted by Crippen LogP contribution is 2.34. The van der Waals surface area contributed by atoms with Gasteiger partial charge in [-0.15, -0.1) is 0 Å². The van der Waals surface area contributed by atoms with Gasteiger partial charge in [-0.05, 0) is 36.5 Å². The van der Waals surface area contributed by atoms with Gasteiger partial charge >= 0.3 is 6.03 Å². The Labute approximate surface area is 150 Å². The van der Waals surface area contributed by atoms with Crippen LogP contribution in [0.3, 0.4) is 0 Å². The predicted octanol–water partition coefficient (Wildman–Crippen LogP) is 4.18. The number of nitrogens with one attached hydrogen (secondary N) is 2. The van der Waals surface area contributed by atoms with Gasteiger partial charge in [0.15, 0.2) is 11.5 Å². The Morgan fingerprint density at radius 3 is 2.40 bits per heavy atom. The van der Waals surface area contributed by atoms with Crippen molar-refractivity contribution in [3.63, 3.8) is 0 Å². The lowest BCUT2D eigenvalue weighted by Gasteiger charge is -2.26. The molecule has 1 atom stereocenters. The third-order valence-electron chi connectivity index (χ3n) is 5.07. The second-order valence-corrected chi connectivity index (χ2v) is 7.43. The molecule has 1 aromatic carbocycles. The molecule has 0 spiro atoms. The fourth-order valence-electron chi connectivity index (χ4n) is 3.68. The van der Waals surface area contributed by atoms with Crippen molar-refractivity contribution in [3.8, 4) is 11.5 Å². The third-order valence-corrected chi connectivity index (χ3v) is 5.07. The summed E-state index contributed by atoms with van der Waals surface area (Å²) in [6.45, 7) is 5.39. The zero-order valence-corrected chi connectivity index (χ0v) is 15.3. The van der Waals surface area contributed by atoms with Gasteiger partial charge in [0.05, 0.1) is 6.04 Å². The normalized spacial score (nSPS) is 19.2. The van der Waals surface area contributed by atoms with Crippen LogP contribution in [0.25, 0.3) is 0 Å². The van der Waals surface area contributed by atoms with Gasteiger partial charge in [-0.25, -0.2) is 4.79 Å². The van der Waals surface area contributed by atoms with Crippen LogP contribution in [0.15, 0.2) is 18.2 Å². The van der Waals surface area contributed by atoms with Crippen molar-refractivity contribution >= 4 is 6.03 Å². The fraction of sp³-hybridized carbons (Fsp3) is 0.650. The van der Waals surface area contributed by atoms with Crippen molar-refractivity contribution in [2.75, 3.05) is 13.2 Å². The second-order valence-electron chi connectivity index (χ2n) is 7.43. The maximum absolute atomic E-state index is 12.5. The summed E-state index contributed by atoms with van der Waals surface area (Å²) in [6, 6.07) is 6.12. The molecule has 1 aliphatic carbocycles. The molecule has 1 aliphatic heterocycles. The largest absolute Gasteiger partial charge is 0.486 e. The van der Waals surface area contributed by atoms with E-state index in [0.717, 1.165) is 29.9 Å². The average Bonchev–Trinajstić information content (AvgIpc) is 2.87. The first-order valence-electron chi connectivity index (χ1n) is 9.60. The number of carbonyl (C=O) groups is 1. The first-order chi connectivity index (χ1) is 12.1. The highest BCUT2D eigenvalue weighted by molar-refractivity contribution is 5.75. The molecular formula is C20H30N2O3. The Morgan fingerprint density at radius 2 is 1.72 bits per heavy atom. The number of benzene rings is 1. The topological polar surface area (TPSA) is 59.6 Å². The Morgan fingerprint density at radius 1 is 1.04 bits per heavy atom.